The topological polar surface area (TPSA) is 102 Å². The maximum atomic E-state index is 14.8. The van der Waals surface area contributed by atoms with Crippen molar-refractivity contribution in [3.63, 3.8) is 0 Å². The van der Waals surface area contributed by atoms with Gasteiger partial charge in [0.25, 0.3) is 5.91 Å². The quantitative estimate of drug-likeness (QED) is 0.681. The number of amidine groups is 1. The SMILES string of the molecule is CC(C)(C)OC(=O)NC1=NC(CF)(c2cc(NC(=O)c3ccc(Cl)cn3)ccc2F)COC1. The van der Waals surface area contributed by atoms with E-state index in [9.17, 15) is 18.4 Å². The van der Waals surface area contributed by atoms with Gasteiger partial charge in [-0.2, -0.15) is 0 Å². The molecule has 2 aromatic rings. The minimum atomic E-state index is -1.76. The van der Waals surface area contributed by atoms with Gasteiger partial charge in [0.1, 0.15) is 41.8 Å². The highest BCUT2D eigenvalue weighted by Gasteiger charge is 2.39. The molecule has 1 aliphatic rings. The Hall–Kier alpha value is -3.11. The Bertz CT molecular complexity index is 1070. The predicted molar refractivity (Wildman–Crippen MR) is 119 cm³/mol. The fourth-order valence-electron chi connectivity index (χ4n) is 3.07. The summed E-state index contributed by atoms with van der Waals surface area (Å²) in [5.41, 5.74) is -2.37. The number of anilines is 1. The number of pyridine rings is 1. The zero-order valence-corrected chi connectivity index (χ0v) is 19.0. The third-order valence-electron chi connectivity index (χ3n) is 4.48. The number of ether oxygens (including phenoxy) is 2. The summed E-state index contributed by atoms with van der Waals surface area (Å²) >= 11 is 5.78. The van der Waals surface area contributed by atoms with Crippen LogP contribution in [0.5, 0.6) is 0 Å². The van der Waals surface area contributed by atoms with Crippen LogP contribution in [0.2, 0.25) is 5.02 Å². The van der Waals surface area contributed by atoms with Gasteiger partial charge in [0.05, 0.1) is 11.6 Å². The minimum absolute atomic E-state index is 0.00708. The number of alkyl halides is 1. The molecule has 1 aliphatic heterocycles. The number of hydrogen-bond donors (Lipinski definition) is 2. The normalized spacial score (nSPS) is 18.3. The number of hydrogen-bond acceptors (Lipinski definition) is 6. The van der Waals surface area contributed by atoms with Gasteiger partial charge in [-0.25, -0.2) is 18.6 Å². The van der Waals surface area contributed by atoms with E-state index in [0.29, 0.717) is 5.02 Å². The average molecular weight is 481 g/mol. The molecule has 0 fully saturated rings. The van der Waals surface area contributed by atoms with E-state index in [4.69, 9.17) is 21.1 Å². The molecule has 3 rings (SSSR count). The summed E-state index contributed by atoms with van der Waals surface area (Å²) < 4.78 is 39.6. The van der Waals surface area contributed by atoms with E-state index < -0.39 is 35.6 Å². The Labute approximate surface area is 194 Å². The third kappa shape index (κ3) is 6.23. The Balaban J connectivity index is 1.87. The molecular weight excluding hydrogens is 458 g/mol. The van der Waals surface area contributed by atoms with E-state index in [1.54, 1.807) is 20.8 Å². The van der Waals surface area contributed by atoms with Gasteiger partial charge in [0.15, 0.2) is 0 Å². The zero-order valence-electron chi connectivity index (χ0n) is 18.2. The summed E-state index contributed by atoms with van der Waals surface area (Å²) in [4.78, 5) is 32.7. The summed E-state index contributed by atoms with van der Waals surface area (Å²) in [6, 6.07) is 6.62. The van der Waals surface area contributed by atoms with Crippen molar-refractivity contribution in [1.29, 1.82) is 0 Å². The molecule has 2 heterocycles. The molecule has 176 valence electrons. The Morgan fingerprint density at radius 1 is 1.24 bits per heavy atom. The van der Waals surface area contributed by atoms with Crippen LogP contribution < -0.4 is 10.6 Å². The second-order valence-corrected chi connectivity index (χ2v) is 8.79. The fourth-order valence-corrected chi connectivity index (χ4v) is 3.18. The molecule has 2 amide bonds. The molecule has 1 aromatic carbocycles. The average Bonchev–Trinajstić information content (AvgIpc) is 2.74. The molecular formula is C22H23ClF2N4O4. The number of carbonyl (C=O) groups is 2. The first-order valence-electron chi connectivity index (χ1n) is 9.97. The van der Waals surface area contributed by atoms with Crippen molar-refractivity contribution in [1.82, 2.24) is 10.3 Å². The van der Waals surface area contributed by atoms with Crippen molar-refractivity contribution < 1.29 is 27.8 Å². The van der Waals surface area contributed by atoms with Crippen molar-refractivity contribution in [2.24, 2.45) is 4.99 Å². The summed E-state index contributed by atoms with van der Waals surface area (Å²) in [5.74, 6) is -1.32. The van der Waals surface area contributed by atoms with Gasteiger partial charge in [-0.05, 0) is 51.1 Å². The number of carbonyl (C=O) groups excluding carboxylic acids is 2. The highest BCUT2D eigenvalue weighted by molar-refractivity contribution is 6.30. The fraction of sp³-hybridized carbons (Fsp3) is 0.364. The summed E-state index contributed by atoms with van der Waals surface area (Å²) in [7, 11) is 0. The molecule has 0 spiro atoms. The van der Waals surface area contributed by atoms with E-state index in [0.717, 1.165) is 6.07 Å². The first-order valence-corrected chi connectivity index (χ1v) is 10.3. The van der Waals surface area contributed by atoms with E-state index in [2.05, 4.69) is 20.6 Å². The third-order valence-corrected chi connectivity index (χ3v) is 4.70. The van der Waals surface area contributed by atoms with E-state index >= 15 is 0 Å². The first kappa shape index (κ1) is 24.5. The molecule has 1 unspecified atom stereocenters. The summed E-state index contributed by atoms with van der Waals surface area (Å²) in [6.45, 7) is 3.57. The van der Waals surface area contributed by atoms with E-state index in [-0.39, 0.29) is 36.0 Å². The maximum Gasteiger partial charge on any atom is 0.413 e. The smallest absolute Gasteiger partial charge is 0.413 e. The molecule has 8 nitrogen and oxygen atoms in total. The number of aromatic nitrogens is 1. The number of nitrogens with zero attached hydrogens (tertiary/aromatic N) is 2. The van der Waals surface area contributed by atoms with Gasteiger partial charge in [0, 0.05) is 17.4 Å². The predicted octanol–water partition coefficient (Wildman–Crippen LogP) is 4.24. The van der Waals surface area contributed by atoms with Crippen molar-refractivity contribution in [2.75, 3.05) is 25.2 Å². The molecule has 1 aromatic heterocycles. The van der Waals surface area contributed by atoms with Crippen LogP contribution in [0.15, 0.2) is 41.5 Å². The number of amides is 2. The number of benzene rings is 1. The number of rotatable bonds is 4. The van der Waals surface area contributed by atoms with Crippen LogP contribution in [-0.2, 0) is 15.0 Å². The molecule has 0 saturated carbocycles. The lowest BCUT2D eigenvalue weighted by Gasteiger charge is -2.33. The van der Waals surface area contributed by atoms with Crippen molar-refractivity contribution >= 4 is 35.1 Å². The zero-order chi connectivity index (χ0) is 24.2. The number of aliphatic imine (C=N–C) groups is 1. The van der Waals surface area contributed by atoms with Gasteiger partial charge in [-0.15, -0.1) is 0 Å². The minimum Gasteiger partial charge on any atom is -0.444 e. The van der Waals surface area contributed by atoms with Gasteiger partial charge < -0.3 is 14.8 Å². The molecule has 0 saturated heterocycles. The number of nitrogens with one attached hydrogen (secondary N) is 2. The molecule has 0 aliphatic carbocycles. The number of alkyl carbamates (subject to hydrolysis) is 1. The Kier molecular flexibility index (Phi) is 7.28. The summed E-state index contributed by atoms with van der Waals surface area (Å²) in [6.07, 6.45) is 0.522. The largest absolute Gasteiger partial charge is 0.444 e. The lowest BCUT2D eigenvalue weighted by molar-refractivity contribution is 0.0528. The lowest BCUT2D eigenvalue weighted by Crippen LogP contribution is -2.46. The van der Waals surface area contributed by atoms with Gasteiger partial charge in [-0.1, -0.05) is 11.6 Å². The molecule has 33 heavy (non-hydrogen) atoms. The Morgan fingerprint density at radius 2 is 2.00 bits per heavy atom. The molecule has 11 heteroatoms. The Morgan fingerprint density at radius 3 is 2.64 bits per heavy atom. The van der Waals surface area contributed by atoms with Gasteiger partial charge in [-0.3, -0.25) is 15.1 Å². The lowest BCUT2D eigenvalue weighted by atomic mass is 9.91. The van der Waals surface area contributed by atoms with Gasteiger partial charge in [0.2, 0.25) is 0 Å². The van der Waals surface area contributed by atoms with Crippen LogP contribution in [0.3, 0.4) is 0 Å². The highest BCUT2D eigenvalue weighted by Crippen LogP contribution is 2.33. The second-order valence-electron chi connectivity index (χ2n) is 8.35. The maximum absolute atomic E-state index is 14.8. The van der Waals surface area contributed by atoms with Crippen LogP contribution in [0.1, 0.15) is 36.8 Å². The molecule has 0 bridgehead atoms. The van der Waals surface area contributed by atoms with E-state index in [1.807, 2.05) is 0 Å². The van der Waals surface area contributed by atoms with Crippen molar-refractivity contribution in [3.8, 4) is 0 Å². The summed E-state index contributed by atoms with van der Waals surface area (Å²) in [5, 5.41) is 5.36. The number of halogens is 3. The van der Waals surface area contributed by atoms with Crippen molar-refractivity contribution in [3.05, 3.63) is 58.6 Å². The van der Waals surface area contributed by atoms with Crippen LogP contribution in [0.25, 0.3) is 0 Å². The van der Waals surface area contributed by atoms with Crippen LogP contribution in [0.4, 0.5) is 19.3 Å². The van der Waals surface area contributed by atoms with Crippen LogP contribution >= 0.6 is 11.6 Å². The highest BCUT2D eigenvalue weighted by atomic mass is 35.5. The van der Waals surface area contributed by atoms with E-state index in [1.165, 1.54) is 30.5 Å². The van der Waals surface area contributed by atoms with Gasteiger partial charge >= 0.3 is 6.09 Å². The van der Waals surface area contributed by atoms with Crippen LogP contribution in [0, 0.1) is 5.82 Å². The van der Waals surface area contributed by atoms with Crippen molar-refractivity contribution in [2.45, 2.75) is 31.9 Å². The van der Waals surface area contributed by atoms with Crippen LogP contribution in [-0.4, -0.2) is 48.3 Å². The standard InChI is InChI=1S/C22H23ClF2N4O4/c1-21(2,3)33-20(31)28-18-10-32-12-22(11-24,29-18)15-8-14(5-6-16(15)25)27-19(30)17-7-4-13(23)9-26-17/h4-9H,10-12H2,1-3H3,(H,27,30)(H,28,29,31). The molecule has 1 atom stereocenters. The molecule has 0 radical (unpaired) electrons. The molecule has 2 N–H and O–H groups in total. The second kappa shape index (κ2) is 9.80. The first-order chi connectivity index (χ1) is 15.5. The monoisotopic (exact) mass is 480 g/mol.